The molecule has 3 N–H and O–H groups in total. The Morgan fingerprint density at radius 1 is 1.19 bits per heavy atom. The molecule has 0 fully saturated rings. The predicted octanol–water partition coefficient (Wildman–Crippen LogP) is 3.19. The van der Waals surface area contributed by atoms with Crippen LogP contribution in [0.2, 0.25) is 0 Å². The average molecular weight is 298 g/mol. The fraction of sp³-hybridized carbons (Fsp3) is 0.231. The zero-order valence-electron chi connectivity index (χ0n) is 11.3. The maximum absolute atomic E-state index is 12.7. The molecule has 2 aromatic rings. The van der Waals surface area contributed by atoms with E-state index >= 15 is 0 Å². The molecule has 5 nitrogen and oxygen atoms in total. The molecule has 0 saturated heterocycles. The molecule has 0 radical (unpaired) electrons. The summed E-state index contributed by atoms with van der Waals surface area (Å²) in [4.78, 5) is 6.62. The van der Waals surface area contributed by atoms with Crippen LogP contribution in [0, 0.1) is 13.8 Å². The minimum absolute atomic E-state index is 0.183. The van der Waals surface area contributed by atoms with Crippen LogP contribution in [0.1, 0.15) is 17.0 Å². The Kier molecular flexibility index (Phi) is 3.99. The van der Waals surface area contributed by atoms with Crippen LogP contribution in [0.15, 0.2) is 24.3 Å². The lowest BCUT2D eigenvalue weighted by Gasteiger charge is -2.12. The van der Waals surface area contributed by atoms with Crippen LogP contribution in [-0.2, 0) is 6.18 Å². The van der Waals surface area contributed by atoms with Gasteiger partial charge in [-0.1, -0.05) is 12.1 Å². The number of alkyl halides is 3. The van der Waals surface area contributed by atoms with E-state index in [9.17, 15) is 13.2 Å². The number of halogens is 3. The lowest BCUT2D eigenvalue weighted by molar-refractivity contribution is -0.145. The van der Waals surface area contributed by atoms with Gasteiger partial charge in [0.25, 0.3) is 0 Å². The zero-order chi connectivity index (χ0) is 15.6. The number of nitrogens with one attached hydrogen (secondary N) is 1. The number of benzene rings is 1. The zero-order valence-corrected chi connectivity index (χ0v) is 11.3. The number of rotatable bonds is 3. The Morgan fingerprint density at radius 3 is 2.52 bits per heavy atom. The molecule has 0 bridgehead atoms. The van der Waals surface area contributed by atoms with Crippen molar-refractivity contribution >= 4 is 5.82 Å². The smallest absolute Gasteiger partial charge is 0.439 e. The Hall–Kier alpha value is -2.35. The first-order valence-electron chi connectivity index (χ1n) is 5.98. The SMILES string of the molecule is Cc1cccc(Oc2cc(NN)nc(C(F)(F)F)n2)c1C. The van der Waals surface area contributed by atoms with E-state index in [0.29, 0.717) is 5.75 Å². The molecule has 0 aliphatic heterocycles. The molecule has 0 unspecified atom stereocenters. The molecule has 8 heteroatoms. The van der Waals surface area contributed by atoms with E-state index in [0.717, 1.165) is 11.1 Å². The Bertz CT molecular complexity index is 658. The van der Waals surface area contributed by atoms with Crippen molar-refractivity contribution < 1.29 is 17.9 Å². The Morgan fingerprint density at radius 2 is 1.90 bits per heavy atom. The largest absolute Gasteiger partial charge is 0.451 e. The molecule has 112 valence electrons. The van der Waals surface area contributed by atoms with E-state index in [-0.39, 0.29) is 11.7 Å². The van der Waals surface area contributed by atoms with E-state index in [1.165, 1.54) is 6.07 Å². The van der Waals surface area contributed by atoms with Crippen LogP contribution in [0.3, 0.4) is 0 Å². The second kappa shape index (κ2) is 5.57. The van der Waals surface area contributed by atoms with Crippen LogP contribution in [0.25, 0.3) is 0 Å². The van der Waals surface area contributed by atoms with Gasteiger partial charge in [-0.05, 0) is 31.0 Å². The molecule has 0 atom stereocenters. The predicted molar refractivity (Wildman–Crippen MR) is 70.8 cm³/mol. The van der Waals surface area contributed by atoms with Crippen LogP contribution in [0.5, 0.6) is 11.6 Å². The summed E-state index contributed by atoms with van der Waals surface area (Å²) in [5, 5.41) is 0. The van der Waals surface area contributed by atoms with Crippen LogP contribution < -0.4 is 16.0 Å². The van der Waals surface area contributed by atoms with Crippen molar-refractivity contribution in [2.24, 2.45) is 5.84 Å². The number of nitrogens with zero attached hydrogens (tertiary/aromatic N) is 2. The molecule has 0 aliphatic rings. The second-order valence-electron chi connectivity index (χ2n) is 4.36. The van der Waals surface area contributed by atoms with Gasteiger partial charge in [-0.3, -0.25) is 0 Å². The first-order valence-corrected chi connectivity index (χ1v) is 5.98. The monoisotopic (exact) mass is 298 g/mol. The highest BCUT2D eigenvalue weighted by Crippen LogP contribution is 2.31. The second-order valence-corrected chi connectivity index (χ2v) is 4.36. The molecule has 0 spiro atoms. The van der Waals surface area contributed by atoms with Crippen molar-refractivity contribution in [3.05, 3.63) is 41.2 Å². The fourth-order valence-electron chi connectivity index (χ4n) is 1.63. The summed E-state index contributed by atoms with van der Waals surface area (Å²) >= 11 is 0. The number of hydrazine groups is 1. The number of aromatic nitrogens is 2. The highest BCUT2D eigenvalue weighted by molar-refractivity contribution is 5.43. The van der Waals surface area contributed by atoms with Gasteiger partial charge in [0, 0.05) is 6.07 Å². The summed E-state index contributed by atoms with van der Waals surface area (Å²) in [6.45, 7) is 3.68. The third-order valence-corrected chi connectivity index (χ3v) is 2.87. The van der Waals surface area contributed by atoms with E-state index in [1.807, 2.05) is 13.0 Å². The maximum atomic E-state index is 12.7. The first-order chi connectivity index (χ1) is 9.81. The Balaban J connectivity index is 2.42. The van der Waals surface area contributed by atoms with Gasteiger partial charge in [0.2, 0.25) is 11.7 Å². The summed E-state index contributed by atoms with van der Waals surface area (Å²) < 4.78 is 43.6. The molecule has 0 amide bonds. The number of nitrogen functional groups attached to an aromatic ring is 1. The maximum Gasteiger partial charge on any atom is 0.451 e. The summed E-state index contributed by atoms with van der Waals surface area (Å²) in [5.41, 5.74) is 3.83. The van der Waals surface area contributed by atoms with Crippen molar-refractivity contribution in [2.45, 2.75) is 20.0 Å². The van der Waals surface area contributed by atoms with Gasteiger partial charge in [0.05, 0.1) is 0 Å². The number of hydrogen-bond acceptors (Lipinski definition) is 5. The van der Waals surface area contributed by atoms with E-state index in [1.54, 1.807) is 19.1 Å². The van der Waals surface area contributed by atoms with Gasteiger partial charge >= 0.3 is 6.18 Å². The molecule has 2 rings (SSSR count). The average Bonchev–Trinajstić information content (AvgIpc) is 2.42. The van der Waals surface area contributed by atoms with Gasteiger partial charge in [0.1, 0.15) is 11.6 Å². The lowest BCUT2D eigenvalue weighted by Crippen LogP contribution is -2.16. The van der Waals surface area contributed by atoms with Crippen molar-refractivity contribution in [2.75, 3.05) is 5.43 Å². The van der Waals surface area contributed by atoms with E-state index < -0.39 is 12.0 Å². The van der Waals surface area contributed by atoms with Gasteiger partial charge in [-0.25, -0.2) is 10.8 Å². The molecule has 1 aromatic heterocycles. The van der Waals surface area contributed by atoms with Gasteiger partial charge < -0.3 is 10.2 Å². The van der Waals surface area contributed by atoms with Crippen LogP contribution >= 0.6 is 0 Å². The number of hydrogen-bond donors (Lipinski definition) is 2. The molecule has 0 aliphatic carbocycles. The molecular formula is C13H13F3N4O. The van der Waals surface area contributed by atoms with Crippen LogP contribution in [0.4, 0.5) is 19.0 Å². The van der Waals surface area contributed by atoms with Crippen molar-refractivity contribution in [1.29, 1.82) is 0 Å². The number of nitrogens with two attached hydrogens (primary N) is 1. The normalized spacial score (nSPS) is 11.3. The highest BCUT2D eigenvalue weighted by atomic mass is 19.4. The first kappa shape index (κ1) is 15.0. The van der Waals surface area contributed by atoms with Crippen molar-refractivity contribution in [3.63, 3.8) is 0 Å². The lowest BCUT2D eigenvalue weighted by atomic mass is 10.1. The topological polar surface area (TPSA) is 73.1 Å². The highest BCUT2D eigenvalue weighted by Gasteiger charge is 2.35. The number of aryl methyl sites for hydroxylation is 1. The fourth-order valence-corrected chi connectivity index (χ4v) is 1.63. The molecule has 21 heavy (non-hydrogen) atoms. The molecule has 1 aromatic carbocycles. The number of ether oxygens (including phenoxy) is 1. The quantitative estimate of drug-likeness (QED) is 0.672. The minimum atomic E-state index is -4.69. The summed E-state index contributed by atoms with van der Waals surface area (Å²) in [7, 11) is 0. The van der Waals surface area contributed by atoms with Crippen molar-refractivity contribution in [3.8, 4) is 11.6 Å². The molecule has 0 saturated carbocycles. The van der Waals surface area contributed by atoms with E-state index in [2.05, 4.69) is 15.4 Å². The van der Waals surface area contributed by atoms with E-state index in [4.69, 9.17) is 10.6 Å². The summed E-state index contributed by atoms with van der Waals surface area (Å²) in [6, 6.07) is 6.45. The van der Waals surface area contributed by atoms with Crippen LogP contribution in [-0.4, -0.2) is 9.97 Å². The molecule has 1 heterocycles. The van der Waals surface area contributed by atoms with Gasteiger partial charge in [-0.2, -0.15) is 18.2 Å². The van der Waals surface area contributed by atoms with Crippen molar-refractivity contribution in [1.82, 2.24) is 9.97 Å². The Labute approximate surface area is 118 Å². The van der Waals surface area contributed by atoms with Gasteiger partial charge in [0.15, 0.2) is 0 Å². The number of anilines is 1. The summed E-state index contributed by atoms with van der Waals surface area (Å²) in [5.74, 6) is 3.80. The standard InChI is InChI=1S/C13H13F3N4O/c1-7-4-3-5-9(8(7)2)21-11-6-10(20-17)18-12(19-11)13(14,15)16/h3-6H,17H2,1-2H3,(H,18,19,20). The third kappa shape index (κ3) is 3.40. The third-order valence-electron chi connectivity index (χ3n) is 2.87. The van der Waals surface area contributed by atoms with Gasteiger partial charge in [-0.15, -0.1) is 0 Å². The molecular weight excluding hydrogens is 285 g/mol. The minimum Gasteiger partial charge on any atom is -0.439 e. The summed E-state index contributed by atoms with van der Waals surface area (Å²) in [6.07, 6.45) is -4.69.